The molecule has 1 aromatic carbocycles. The van der Waals surface area contributed by atoms with Crippen LogP contribution in [0.1, 0.15) is 20.8 Å². The summed E-state index contributed by atoms with van der Waals surface area (Å²) in [5, 5.41) is 3.08. The van der Waals surface area contributed by atoms with Gasteiger partial charge in [-0.25, -0.2) is 0 Å². The molecule has 18 heavy (non-hydrogen) atoms. The molecule has 0 unspecified atom stereocenters. The summed E-state index contributed by atoms with van der Waals surface area (Å²) in [4.78, 5) is 0.245. The highest BCUT2D eigenvalue weighted by Gasteiger charge is 2.25. The number of hydrogen-bond donors (Lipinski definition) is 1. The first-order valence-electron chi connectivity index (χ1n) is 5.62. The Morgan fingerprint density at radius 3 is 2.61 bits per heavy atom. The van der Waals surface area contributed by atoms with E-state index in [0.717, 1.165) is 0 Å². The predicted octanol–water partition coefficient (Wildman–Crippen LogP) is 2.73. The summed E-state index contributed by atoms with van der Waals surface area (Å²) in [7, 11) is -3.55. The van der Waals surface area contributed by atoms with Crippen molar-refractivity contribution in [2.75, 3.05) is 11.1 Å². The zero-order chi connectivity index (χ0) is 13.4. The van der Waals surface area contributed by atoms with E-state index in [4.69, 9.17) is 0 Å². The summed E-state index contributed by atoms with van der Waals surface area (Å²) >= 11 is 1.66. The fourth-order valence-electron chi connectivity index (χ4n) is 1.51. The van der Waals surface area contributed by atoms with Gasteiger partial charge in [0.1, 0.15) is 10.7 Å². The molecule has 0 fully saturated rings. The zero-order valence-corrected chi connectivity index (χ0v) is 12.2. The summed E-state index contributed by atoms with van der Waals surface area (Å²) in [6, 6.07) is 6.82. The summed E-state index contributed by atoms with van der Waals surface area (Å²) in [6.45, 7) is 6.26. The molecule has 1 aromatic rings. The smallest absolute Gasteiger partial charge is 0.286 e. The molecule has 1 heterocycles. The molecule has 0 aromatic heterocycles. The first-order chi connectivity index (χ1) is 8.28. The van der Waals surface area contributed by atoms with Gasteiger partial charge in [-0.05, 0) is 12.1 Å². The summed E-state index contributed by atoms with van der Waals surface area (Å²) < 4.78 is 27.8. The monoisotopic (exact) mass is 284 g/mol. The van der Waals surface area contributed by atoms with Crippen molar-refractivity contribution in [2.24, 2.45) is 4.40 Å². The van der Waals surface area contributed by atoms with Crippen molar-refractivity contribution in [3.63, 3.8) is 0 Å². The van der Waals surface area contributed by atoms with Crippen LogP contribution in [0.25, 0.3) is 0 Å². The van der Waals surface area contributed by atoms with Crippen molar-refractivity contribution in [3.05, 3.63) is 24.3 Å². The highest BCUT2D eigenvalue weighted by atomic mass is 32.2. The molecule has 0 bridgehead atoms. The molecule has 0 saturated carbocycles. The molecule has 98 valence electrons. The van der Waals surface area contributed by atoms with E-state index in [9.17, 15) is 8.42 Å². The maximum atomic E-state index is 12.0. The molecule has 0 saturated heterocycles. The topological polar surface area (TPSA) is 58.5 Å². The van der Waals surface area contributed by atoms with Gasteiger partial charge in [0.05, 0.1) is 11.4 Å². The number of sulfonamides is 1. The van der Waals surface area contributed by atoms with E-state index < -0.39 is 10.0 Å². The predicted molar refractivity (Wildman–Crippen MR) is 76.9 cm³/mol. The Kier molecular flexibility index (Phi) is 3.42. The number of nitrogens with one attached hydrogen (secondary N) is 1. The van der Waals surface area contributed by atoms with E-state index in [1.807, 2.05) is 0 Å². The lowest BCUT2D eigenvalue weighted by Gasteiger charge is -2.21. The number of nitrogens with zero attached hydrogens (tertiary/aromatic N) is 1. The maximum Gasteiger partial charge on any atom is 0.286 e. The third-order valence-corrected chi connectivity index (χ3v) is 4.97. The van der Waals surface area contributed by atoms with Gasteiger partial charge < -0.3 is 5.32 Å². The average Bonchev–Trinajstić information content (AvgIpc) is 2.25. The molecule has 0 amide bonds. The van der Waals surface area contributed by atoms with Crippen molar-refractivity contribution >= 4 is 33.3 Å². The summed E-state index contributed by atoms with van der Waals surface area (Å²) in [6.07, 6.45) is 0. The van der Waals surface area contributed by atoms with E-state index in [-0.39, 0.29) is 9.64 Å². The molecule has 6 heteroatoms. The Labute approximate surface area is 112 Å². The first-order valence-corrected chi connectivity index (χ1v) is 8.04. The van der Waals surface area contributed by atoms with Gasteiger partial charge >= 0.3 is 0 Å². The van der Waals surface area contributed by atoms with Crippen LogP contribution in [0.5, 0.6) is 0 Å². The molecular formula is C12H16N2O2S2. The zero-order valence-electron chi connectivity index (χ0n) is 10.6. The second-order valence-electron chi connectivity index (χ2n) is 5.04. The lowest BCUT2D eigenvalue weighted by Crippen LogP contribution is -2.25. The van der Waals surface area contributed by atoms with Gasteiger partial charge in [0, 0.05) is 4.75 Å². The molecule has 4 nitrogen and oxygen atoms in total. The first kappa shape index (κ1) is 13.4. The van der Waals surface area contributed by atoms with Crippen LogP contribution in [0.2, 0.25) is 0 Å². The van der Waals surface area contributed by atoms with Crippen LogP contribution >= 0.6 is 11.8 Å². The fraction of sp³-hybridized carbons (Fsp3) is 0.417. The SMILES string of the molecule is CC(C)(C)SCC1=NS(=O)(=O)c2ccccc2N1. The van der Waals surface area contributed by atoms with Gasteiger partial charge in [0.2, 0.25) is 0 Å². The highest BCUT2D eigenvalue weighted by molar-refractivity contribution is 8.01. The van der Waals surface area contributed by atoms with Crippen LogP contribution in [0.15, 0.2) is 33.6 Å². The standard InChI is InChI=1S/C12H16N2O2S2/c1-12(2,3)17-8-11-13-9-6-4-5-7-10(9)18(15,16)14-11/h4-7H,8H2,1-3H3,(H,13,14). The molecule has 2 rings (SSSR count). The summed E-state index contributed by atoms with van der Waals surface area (Å²) in [5.74, 6) is 1.05. The minimum atomic E-state index is -3.55. The van der Waals surface area contributed by atoms with Gasteiger partial charge in [-0.1, -0.05) is 32.9 Å². The molecule has 1 aliphatic rings. The third-order valence-electron chi connectivity index (χ3n) is 2.32. The number of para-hydroxylation sites is 1. The van der Waals surface area contributed by atoms with Crippen molar-refractivity contribution in [3.8, 4) is 0 Å². The van der Waals surface area contributed by atoms with Crippen molar-refractivity contribution in [1.82, 2.24) is 0 Å². The second kappa shape index (κ2) is 4.59. The second-order valence-corrected chi connectivity index (χ2v) is 8.41. The van der Waals surface area contributed by atoms with Crippen molar-refractivity contribution in [2.45, 2.75) is 30.4 Å². The number of fused-ring (bicyclic) bond motifs is 1. The van der Waals surface area contributed by atoms with E-state index >= 15 is 0 Å². The van der Waals surface area contributed by atoms with Gasteiger partial charge in [-0.15, -0.1) is 16.2 Å². The summed E-state index contributed by atoms with van der Waals surface area (Å²) in [5.41, 5.74) is 0.608. The minimum absolute atomic E-state index is 0.0743. The molecule has 0 spiro atoms. The Morgan fingerprint density at radius 2 is 1.94 bits per heavy atom. The largest absolute Gasteiger partial charge is 0.341 e. The number of benzene rings is 1. The van der Waals surface area contributed by atoms with Crippen LogP contribution in [-0.2, 0) is 10.0 Å². The number of amidine groups is 1. The maximum absolute atomic E-state index is 12.0. The molecule has 0 atom stereocenters. The average molecular weight is 284 g/mol. The quantitative estimate of drug-likeness (QED) is 0.907. The number of thioether (sulfide) groups is 1. The van der Waals surface area contributed by atoms with E-state index in [1.165, 1.54) is 0 Å². The van der Waals surface area contributed by atoms with Crippen molar-refractivity contribution < 1.29 is 8.42 Å². The molecule has 0 aliphatic carbocycles. The van der Waals surface area contributed by atoms with Crippen LogP contribution in [0.3, 0.4) is 0 Å². The number of rotatable bonds is 2. The Hall–Kier alpha value is -1.01. The van der Waals surface area contributed by atoms with Gasteiger partial charge in [0.25, 0.3) is 10.0 Å². The van der Waals surface area contributed by atoms with Gasteiger partial charge in [0.15, 0.2) is 0 Å². The number of anilines is 1. The normalized spacial score (nSPS) is 17.6. The molecule has 0 radical (unpaired) electrons. The molecular weight excluding hydrogens is 268 g/mol. The third kappa shape index (κ3) is 3.05. The Bertz CT molecular complexity index is 586. The van der Waals surface area contributed by atoms with Gasteiger partial charge in [-0.3, -0.25) is 0 Å². The number of hydrogen-bond acceptors (Lipinski definition) is 4. The molecule has 1 aliphatic heterocycles. The lowest BCUT2D eigenvalue weighted by molar-refractivity contribution is 0.598. The van der Waals surface area contributed by atoms with Gasteiger partial charge in [-0.2, -0.15) is 8.42 Å². The fourth-order valence-corrected chi connectivity index (χ4v) is 3.45. The van der Waals surface area contributed by atoms with E-state index in [0.29, 0.717) is 17.3 Å². The highest BCUT2D eigenvalue weighted by Crippen LogP contribution is 2.29. The lowest BCUT2D eigenvalue weighted by atomic mass is 10.3. The van der Waals surface area contributed by atoms with E-state index in [2.05, 4.69) is 30.5 Å². The van der Waals surface area contributed by atoms with Crippen LogP contribution in [0, 0.1) is 0 Å². The Morgan fingerprint density at radius 1 is 1.28 bits per heavy atom. The van der Waals surface area contributed by atoms with Crippen LogP contribution in [-0.4, -0.2) is 24.8 Å². The van der Waals surface area contributed by atoms with Crippen LogP contribution in [0.4, 0.5) is 5.69 Å². The Balaban J connectivity index is 2.26. The van der Waals surface area contributed by atoms with Crippen molar-refractivity contribution in [1.29, 1.82) is 0 Å². The van der Waals surface area contributed by atoms with E-state index in [1.54, 1.807) is 36.0 Å². The molecule has 1 N–H and O–H groups in total. The minimum Gasteiger partial charge on any atom is -0.341 e. The van der Waals surface area contributed by atoms with Crippen LogP contribution < -0.4 is 5.32 Å².